The topological polar surface area (TPSA) is 168 Å². The summed E-state index contributed by atoms with van der Waals surface area (Å²) in [5.74, 6) is -2.12. The Morgan fingerprint density at radius 3 is 2.33 bits per heavy atom. The van der Waals surface area contributed by atoms with Gasteiger partial charge < -0.3 is 26.0 Å². The number of carbonyl (C=O) groups excluding carboxylic acids is 2. The van der Waals surface area contributed by atoms with Crippen molar-refractivity contribution in [3.63, 3.8) is 0 Å². The van der Waals surface area contributed by atoms with Crippen LogP contribution in [0, 0.1) is 0 Å². The molecule has 0 aliphatic heterocycles. The fourth-order valence-electron chi connectivity index (χ4n) is 1.12. The SMILES string of the molecule is CSCC[C@H](N)C(=O)O[C@@H](N)CC(=O)OC[C@H](N)C(=O)O. The van der Waals surface area contributed by atoms with E-state index in [0.717, 1.165) is 0 Å². The number of carboxylic acid groups (broad SMARTS) is 1. The zero-order chi connectivity index (χ0) is 16.4. The largest absolute Gasteiger partial charge is 0.480 e. The Hall–Kier alpha value is -1.36. The van der Waals surface area contributed by atoms with Gasteiger partial charge in [0, 0.05) is 0 Å². The lowest BCUT2D eigenvalue weighted by molar-refractivity contribution is -0.156. The summed E-state index contributed by atoms with van der Waals surface area (Å²) in [7, 11) is 0. The Kier molecular flexibility index (Phi) is 9.71. The van der Waals surface area contributed by atoms with E-state index in [1.54, 1.807) is 0 Å². The van der Waals surface area contributed by atoms with Gasteiger partial charge >= 0.3 is 17.9 Å². The van der Waals surface area contributed by atoms with Gasteiger partial charge in [-0.2, -0.15) is 11.8 Å². The minimum atomic E-state index is -1.31. The van der Waals surface area contributed by atoms with Gasteiger partial charge in [-0.3, -0.25) is 20.1 Å². The molecule has 0 aromatic heterocycles. The third-order valence-electron chi connectivity index (χ3n) is 2.31. The number of ether oxygens (including phenoxy) is 2. The van der Waals surface area contributed by atoms with Crippen molar-refractivity contribution in [3.8, 4) is 0 Å². The second-order valence-corrected chi connectivity index (χ2v) is 5.18. The molecule has 9 nitrogen and oxygen atoms in total. The highest BCUT2D eigenvalue weighted by Gasteiger charge is 2.21. The number of rotatable bonds is 10. The lowest BCUT2D eigenvalue weighted by Crippen LogP contribution is -2.40. The lowest BCUT2D eigenvalue weighted by Gasteiger charge is -2.16. The van der Waals surface area contributed by atoms with Crippen LogP contribution in [0.3, 0.4) is 0 Å². The van der Waals surface area contributed by atoms with Crippen molar-refractivity contribution >= 4 is 29.7 Å². The molecule has 0 aliphatic carbocycles. The van der Waals surface area contributed by atoms with E-state index in [0.29, 0.717) is 12.2 Å². The summed E-state index contributed by atoms with van der Waals surface area (Å²) in [6.07, 6.45) is 0.700. The maximum absolute atomic E-state index is 11.5. The molecule has 0 heterocycles. The molecule has 3 atom stereocenters. The molecule has 10 heteroatoms. The van der Waals surface area contributed by atoms with Gasteiger partial charge in [-0.05, 0) is 18.4 Å². The standard InChI is InChI=1S/C11H21N3O6S/c1-21-3-2-6(12)11(18)20-8(14)4-9(15)19-5-7(13)10(16)17/h6-8H,2-5,12-14H2,1H3,(H,16,17)/t6-,7-,8+/m0/s1. The molecular formula is C11H21N3O6S. The average Bonchev–Trinajstić information content (AvgIpc) is 2.41. The van der Waals surface area contributed by atoms with Crippen LogP contribution >= 0.6 is 11.8 Å². The van der Waals surface area contributed by atoms with Gasteiger partial charge in [0.25, 0.3) is 0 Å². The number of carbonyl (C=O) groups is 3. The minimum absolute atomic E-state index is 0.409. The van der Waals surface area contributed by atoms with Crippen molar-refractivity contribution in [2.24, 2.45) is 17.2 Å². The fraction of sp³-hybridized carbons (Fsp3) is 0.727. The summed E-state index contributed by atoms with van der Waals surface area (Å²) in [5, 5.41) is 8.50. The third kappa shape index (κ3) is 9.24. The molecule has 0 aromatic carbocycles. The predicted molar refractivity (Wildman–Crippen MR) is 76.2 cm³/mol. The van der Waals surface area contributed by atoms with Crippen molar-refractivity contribution in [3.05, 3.63) is 0 Å². The number of thioether (sulfide) groups is 1. The molecule has 0 aliphatic rings. The molecule has 0 radical (unpaired) electrons. The Balaban J connectivity index is 4.01. The van der Waals surface area contributed by atoms with Gasteiger partial charge in [-0.15, -0.1) is 0 Å². The molecule has 122 valence electrons. The Morgan fingerprint density at radius 1 is 1.19 bits per heavy atom. The van der Waals surface area contributed by atoms with E-state index in [1.165, 1.54) is 11.8 Å². The van der Waals surface area contributed by atoms with Gasteiger partial charge in [-0.1, -0.05) is 0 Å². The predicted octanol–water partition coefficient (Wildman–Crippen LogP) is -1.76. The van der Waals surface area contributed by atoms with Crippen LogP contribution < -0.4 is 17.2 Å². The van der Waals surface area contributed by atoms with E-state index in [1.807, 2.05) is 6.26 Å². The van der Waals surface area contributed by atoms with Crippen LogP contribution in [0.15, 0.2) is 0 Å². The molecule has 0 unspecified atom stereocenters. The van der Waals surface area contributed by atoms with Crippen molar-refractivity contribution in [2.75, 3.05) is 18.6 Å². The highest BCUT2D eigenvalue weighted by Crippen LogP contribution is 2.03. The summed E-state index contributed by atoms with van der Waals surface area (Å²) < 4.78 is 9.38. The number of carboxylic acids is 1. The van der Waals surface area contributed by atoms with Gasteiger partial charge in [0.05, 0.1) is 6.42 Å². The summed E-state index contributed by atoms with van der Waals surface area (Å²) in [6, 6.07) is -2.12. The first kappa shape index (κ1) is 19.6. The smallest absolute Gasteiger partial charge is 0.324 e. The van der Waals surface area contributed by atoms with Crippen molar-refractivity contribution < 1.29 is 29.0 Å². The Morgan fingerprint density at radius 2 is 1.81 bits per heavy atom. The van der Waals surface area contributed by atoms with Crippen molar-refractivity contribution in [1.29, 1.82) is 0 Å². The quantitative estimate of drug-likeness (QED) is 0.267. The molecule has 0 bridgehead atoms. The normalized spacial score (nSPS) is 14.9. The molecule has 0 saturated carbocycles. The number of esters is 2. The first-order valence-electron chi connectivity index (χ1n) is 6.12. The van der Waals surface area contributed by atoms with Gasteiger partial charge in [-0.25, -0.2) is 0 Å². The van der Waals surface area contributed by atoms with Crippen LogP contribution in [0.5, 0.6) is 0 Å². The van der Waals surface area contributed by atoms with Crippen LogP contribution in [0.1, 0.15) is 12.8 Å². The number of aliphatic carboxylic acids is 1. The van der Waals surface area contributed by atoms with Crippen LogP contribution in [0.4, 0.5) is 0 Å². The molecule has 0 rings (SSSR count). The van der Waals surface area contributed by atoms with Crippen LogP contribution in [-0.2, 0) is 23.9 Å². The summed E-state index contributed by atoms with van der Waals surface area (Å²) in [4.78, 5) is 33.3. The number of hydrogen-bond donors (Lipinski definition) is 4. The molecular weight excluding hydrogens is 302 g/mol. The minimum Gasteiger partial charge on any atom is -0.480 e. The molecule has 21 heavy (non-hydrogen) atoms. The van der Waals surface area contributed by atoms with Gasteiger partial charge in [0.2, 0.25) is 0 Å². The molecule has 0 aromatic rings. The van der Waals surface area contributed by atoms with E-state index >= 15 is 0 Å². The van der Waals surface area contributed by atoms with Crippen LogP contribution in [0.2, 0.25) is 0 Å². The van der Waals surface area contributed by atoms with Crippen LogP contribution in [0.25, 0.3) is 0 Å². The first-order chi connectivity index (χ1) is 9.77. The van der Waals surface area contributed by atoms with Gasteiger partial charge in [0.1, 0.15) is 18.7 Å². The Labute approximate surface area is 126 Å². The maximum Gasteiger partial charge on any atom is 0.324 e. The van der Waals surface area contributed by atoms with E-state index < -0.39 is 49.2 Å². The van der Waals surface area contributed by atoms with E-state index in [2.05, 4.69) is 4.74 Å². The van der Waals surface area contributed by atoms with Crippen molar-refractivity contribution in [2.45, 2.75) is 31.2 Å². The zero-order valence-electron chi connectivity index (χ0n) is 11.7. The fourth-order valence-corrected chi connectivity index (χ4v) is 1.61. The highest BCUT2D eigenvalue weighted by molar-refractivity contribution is 7.98. The number of hydrogen-bond acceptors (Lipinski definition) is 9. The van der Waals surface area contributed by atoms with Crippen molar-refractivity contribution in [1.82, 2.24) is 0 Å². The molecule has 0 fully saturated rings. The first-order valence-corrected chi connectivity index (χ1v) is 7.52. The number of nitrogens with two attached hydrogens (primary N) is 3. The second kappa shape index (κ2) is 10.4. The summed E-state index contributed by atoms with van der Waals surface area (Å²) in [5.41, 5.74) is 16.2. The van der Waals surface area contributed by atoms with E-state index in [-0.39, 0.29) is 0 Å². The monoisotopic (exact) mass is 323 g/mol. The second-order valence-electron chi connectivity index (χ2n) is 4.20. The van der Waals surface area contributed by atoms with E-state index in [9.17, 15) is 14.4 Å². The summed E-state index contributed by atoms with van der Waals surface area (Å²) >= 11 is 1.54. The molecule has 0 saturated heterocycles. The zero-order valence-corrected chi connectivity index (χ0v) is 12.5. The maximum atomic E-state index is 11.5. The molecule has 0 spiro atoms. The van der Waals surface area contributed by atoms with Gasteiger partial charge in [0.15, 0.2) is 6.23 Å². The summed E-state index contributed by atoms with van der Waals surface area (Å²) in [6.45, 7) is -0.484. The molecule has 7 N–H and O–H groups in total. The third-order valence-corrected chi connectivity index (χ3v) is 2.96. The highest BCUT2D eigenvalue weighted by atomic mass is 32.2. The Bertz CT molecular complexity index is 368. The lowest BCUT2D eigenvalue weighted by atomic mass is 10.2. The average molecular weight is 323 g/mol. The van der Waals surface area contributed by atoms with Crippen LogP contribution in [-0.4, -0.2) is 59.9 Å². The molecule has 0 amide bonds. The van der Waals surface area contributed by atoms with E-state index in [4.69, 9.17) is 27.0 Å².